The summed E-state index contributed by atoms with van der Waals surface area (Å²) in [4.78, 5) is 4.48. The third-order valence-corrected chi connectivity index (χ3v) is 2.98. The highest BCUT2D eigenvalue weighted by Crippen LogP contribution is 2.09. The predicted molar refractivity (Wildman–Crippen MR) is 61.7 cm³/mol. The fraction of sp³-hybridized carbons (Fsp3) is 0.700. The van der Waals surface area contributed by atoms with Gasteiger partial charge in [0.1, 0.15) is 0 Å². The number of aromatic nitrogens is 1. The highest BCUT2D eigenvalue weighted by atomic mass is 32.1. The normalized spacial score (nSPS) is 10.7. The van der Waals surface area contributed by atoms with E-state index >= 15 is 0 Å². The molecule has 0 radical (unpaired) electrons. The molecular weight excluding hydrogens is 194 g/mol. The smallest absolute Gasteiger partial charge is 0.0926 e. The van der Waals surface area contributed by atoms with E-state index in [0.717, 1.165) is 32.6 Å². The van der Waals surface area contributed by atoms with Gasteiger partial charge in [0.2, 0.25) is 0 Å². The van der Waals surface area contributed by atoms with Crippen LogP contribution < -0.4 is 10.6 Å². The second kappa shape index (κ2) is 6.92. The molecule has 0 saturated carbocycles. The monoisotopic (exact) mass is 213 g/mol. The molecular formula is C10H19N3S. The van der Waals surface area contributed by atoms with Crippen LogP contribution in [0.2, 0.25) is 0 Å². The first kappa shape index (κ1) is 11.6. The molecule has 0 aliphatic rings. The van der Waals surface area contributed by atoms with Gasteiger partial charge in [0.15, 0.2) is 0 Å². The van der Waals surface area contributed by atoms with E-state index in [1.54, 1.807) is 11.3 Å². The molecule has 0 amide bonds. The number of aryl methyl sites for hydroxylation is 1. The predicted octanol–water partition coefficient (Wildman–Crippen LogP) is 1.40. The summed E-state index contributed by atoms with van der Waals surface area (Å²) < 4.78 is 0. The average molecular weight is 213 g/mol. The molecule has 0 unspecified atom stereocenters. The second-order valence-electron chi connectivity index (χ2n) is 3.12. The number of nitrogens with zero attached hydrogens (tertiary/aromatic N) is 1. The van der Waals surface area contributed by atoms with Crippen molar-refractivity contribution in [1.82, 2.24) is 15.6 Å². The molecule has 0 atom stereocenters. The van der Waals surface area contributed by atoms with E-state index in [1.165, 1.54) is 10.7 Å². The van der Waals surface area contributed by atoms with Gasteiger partial charge in [-0.3, -0.25) is 0 Å². The largest absolute Gasteiger partial charge is 0.316 e. The maximum absolute atomic E-state index is 4.48. The molecule has 2 N–H and O–H groups in total. The SMILES string of the molecule is CCNCCNCc1csc(CC)n1. The summed E-state index contributed by atoms with van der Waals surface area (Å²) in [5.41, 5.74) is 1.17. The molecule has 80 valence electrons. The summed E-state index contributed by atoms with van der Waals surface area (Å²) in [6.45, 7) is 8.23. The maximum Gasteiger partial charge on any atom is 0.0926 e. The molecule has 0 aliphatic carbocycles. The summed E-state index contributed by atoms with van der Waals surface area (Å²) >= 11 is 1.75. The minimum Gasteiger partial charge on any atom is -0.316 e. The van der Waals surface area contributed by atoms with Gasteiger partial charge in [-0.2, -0.15) is 0 Å². The number of hydrogen-bond acceptors (Lipinski definition) is 4. The van der Waals surface area contributed by atoms with Crippen LogP contribution in [0.4, 0.5) is 0 Å². The van der Waals surface area contributed by atoms with Gasteiger partial charge in [-0.05, 0) is 13.0 Å². The van der Waals surface area contributed by atoms with E-state index in [1.807, 2.05) is 0 Å². The Bertz CT molecular complexity index is 247. The van der Waals surface area contributed by atoms with E-state index in [4.69, 9.17) is 0 Å². The summed E-state index contributed by atoms with van der Waals surface area (Å²) in [7, 11) is 0. The Hall–Kier alpha value is -0.450. The average Bonchev–Trinajstić information content (AvgIpc) is 2.65. The first-order chi connectivity index (χ1) is 6.86. The van der Waals surface area contributed by atoms with Crippen LogP contribution >= 0.6 is 11.3 Å². The van der Waals surface area contributed by atoms with Crippen molar-refractivity contribution in [2.75, 3.05) is 19.6 Å². The number of nitrogens with one attached hydrogen (secondary N) is 2. The van der Waals surface area contributed by atoms with E-state index in [9.17, 15) is 0 Å². The van der Waals surface area contributed by atoms with Crippen LogP contribution in [0.15, 0.2) is 5.38 Å². The standard InChI is InChI=1S/C10H19N3S/c1-3-10-13-9(8-14-10)7-12-6-5-11-4-2/h8,11-12H,3-7H2,1-2H3. The van der Waals surface area contributed by atoms with Crippen molar-refractivity contribution in [2.24, 2.45) is 0 Å². The van der Waals surface area contributed by atoms with Gasteiger partial charge in [0.25, 0.3) is 0 Å². The zero-order valence-corrected chi connectivity index (χ0v) is 9.78. The van der Waals surface area contributed by atoms with E-state index in [2.05, 4.69) is 34.8 Å². The third kappa shape index (κ3) is 4.17. The lowest BCUT2D eigenvalue weighted by Gasteiger charge is -2.02. The van der Waals surface area contributed by atoms with Crippen molar-refractivity contribution >= 4 is 11.3 Å². The molecule has 3 nitrogen and oxygen atoms in total. The summed E-state index contributed by atoms with van der Waals surface area (Å²) in [6, 6.07) is 0. The van der Waals surface area contributed by atoms with Crippen molar-refractivity contribution in [3.8, 4) is 0 Å². The van der Waals surface area contributed by atoms with E-state index < -0.39 is 0 Å². The molecule has 0 saturated heterocycles. The third-order valence-electron chi connectivity index (χ3n) is 1.94. The molecule has 0 aliphatic heterocycles. The minimum absolute atomic E-state index is 0.891. The zero-order valence-electron chi connectivity index (χ0n) is 8.97. The minimum atomic E-state index is 0.891. The Labute approximate surface area is 89.9 Å². The highest BCUT2D eigenvalue weighted by molar-refractivity contribution is 7.09. The quantitative estimate of drug-likeness (QED) is 0.672. The second-order valence-corrected chi connectivity index (χ2v) is 4.06. The van der Waals surface area contributed by atoms with Crippen LogP contribution in [0.3, 0.4) is 0 Å². The van der Waals surface area contributed by atoms with Crippen molar-refractivity contribution < 1.29 is 0 Å². The van der Waals surface area contributed by atoms with Gasteiger partial charge in [-0.1, -0.05) is 13.8 Å². The van der Waals surface area contributed by atoms with Gasteiger partial charge in [0, 0.05) is 25.0 Å². The first-order valence-electron chi connectivity index (χ1n) is 5.21. The first-order valence-corrected chi connectivity index (χ1v) is 6.09. The summed E-state index contributed by atoms with van der Waals surface area (Å²) in [5, 5.41) is 9.99. The van der Waals surface area contributed by atoms with Gasteiger partial charge in [0.05, 0.1) is 10.7 Å². The molecule has 14 heavy (non-hydrogen) atoms. The molecule has 1 aromatic heterocycles. The van der Waals surface area contributed by atoms with Gasteiger partial charge in [-0.15, -0.1) is 11.3 Å². The van der Waals surface area contributed by atoms with Gasteiger partial charge in [-0.25, -0.2) is 4.98 Å². The molecule has 1 aromatic rings. The van der Waals surface area contributed by atoms with Crippen molar-refractivity contribution in [1.29, 1.82) is 0 Å². The zero-order chi connectivity index (χ0) is 10.2. The topological polar surface area (TPSA) is 37.0 Å². The van der Waals surface area contributed by atoms with E-state index in [0.29, 0.717) is 0 Å². The van der Waals surface area contributed by atoms with Crippen LogP contribution in [-0.4, -0.2) is 24.6 Å². The van der Waals surface area contributed by atoms with Crippen LogP contribution in [0.5, 0.6) is 0 Å². The Kier molecular flexibility index (Phi) is 5.75. The number of thiazole rings is 1. The molecule has 0 bridgehead atoms. The van der Waals surface area contributed by atoms with Crippen molar-refractivity contribution in [3.63, 3.8) is 0 Å². The fourth-order valence-electron chi connectivity index (χ4n) is 1.16. The highest BCUT2D eigenvalue weighted by Gasteiger charge is 1.98. The number of likely N-dealkylation sites (N-methyl/N-ethyl adjacent to an activating group) is 1. The van der Waals surface area contributed by atoms with Crippen molar-refractivity contribution in [2.45, 2.75) is 26.8 Å². The summed E-state index contributed by atoms with van der Waals surface area (Å²) in [5.74, 6) is 0. The Balaban J connectivity index is 2.12. The van der Waals surface area contributed by atoms with Crippen LogP contribution in [0.25, 0.3) is 0 Å². The summed E-state index contributed by atoms with van der Waals surface area (Å²) in [6.07, 6.45) is 1.04. The van der Waals surface area contributed by atoms with Gasteiger partial charge >= 0.3 is 0 Å². The van der Waals surface area contributed by atoms with Crippen LogP contribution in [0.1, 0.15) is 24.5 Å². The lowest BCUT2D eigenvalue weighted by atomic mass is 10.4. The lowest BCUT2D eigenvalue weighted by molar-refractivity contribution is 0.619. The van der Waals surface area contributed by atoms with Crippen LogP contribution in [0, 0.1) is 0 Å². The molecule has 0 fully saturated rings. The Morgan fingerprint density at radius 1 is 1.29 bits per heavy atom. The van der Waals surface area contributed by atoms with Crippen molar-refractivity contribution in [3.05, 3.63) is 16.1 Å². The molecule has 0 spiro atoms. The maximum atomic E-state index is 4.48. The molecule has 0 aromatic carbocycles. The van der Waals surface area contributed by atoms with E-state index in [-0.39, 0.29) is 0 Å². The van der Waals surface area contributed by atoms with Gasteiger partial charge < -0.3 is 10.6 Å². The molecule has 4 heteroatoms. The number of hydrogen-bond donors (Lipinski definition) is 2. The lowest BCUT2D eigenvalue weighted by Crippen LogP contribution is -2.26. The van der Waals surface area contributed by atoms with Crippen LogP contribution in [-0.2, 0) is 13.0 Å². The molecule has 1 heterocycles. The number of rotatable bonds is 7. The Morgan fingerprint density at radius 2 is 2.07 bits per heavy atom. The fourth-order valence-corrected chi connectivity index (χ4v) is 1.91. The Morgan fingerprint density at radius 3 is 2.71 bits per heavy atom. The molecule has 1 rings (SSSR count).